The van der Waals surface area contributed by atoms with Crippen LogP contribution in [-0.2, 0) is 19.5 Å². The van der Waals surface area contributed by atoms with E-state index in [-0.39, 0.29) is 10.5 Å². The number of rotatable bonds is 12. The zero-order valence-corrected chi connectivity index (χ0v) is 17.7. The van der Waals surface area contributed by atoms with Gasteiger partial charge in [0.25, 0.3) is 15.9 Å². The molecule has 0 fully saturated rings. The first kappa shape index (κ1) is 23.2. The molecule has 1 N–H and O–H groups in total. The van der Waals surface area contributed by atoms with E-state index in [4.69, 9.17) is 25.8 Å². The molecule has 0 spiro atoms. The molecular formula is C20H24ClNO6S. The summed E-state index contributed by atoms with van der Waals surface area (Å²) >= 11 is 5.48. The highest BCUT2D eigenvalue weighted by molar-refractivity contribution is 7.90. The van der Waals surface area contributed by atoms with Crippen LogP contribution in [0.2, 0.25) is 0 Å². The molecule has 0 aliphatic rings. The predicted octanol–water partition coefficient (Wildman–Crippen LogP) is 2.76. The van der Waals surface area contributed by atoms with Crippen molar-refractivity contribution in [1.82, 2.24) is 4.72 Å². The van der Waals surface area contributed by atoms with Crippen LogP contribution in [0.3, 0.4) is 0 Å². The number of carbonyl (C=O) groups excluding carboxylic acids is 1. The van der Waals surface area contributed by atoms with Gasteiger partial charge >= 0.3 is 0 Å². The fourth-order valence-electron chi connectivity index (χ4n) is 2.25. The van der Waals surface area contributed by atoms with Gasteiger partial charge in [-0.05, 0) is 43.3 Å². The van der Waals surface area contributed by atoms with E-state index in [1.807, 2.05) is 6.92 Å². The Balaban J connectivity index is 1.80. The standard InChI is InChI=1S/C20H24ClNO6S/c1-16-2-4-17(5-3-16)20(23)22-29(24,25)19-8-6-18(7-9-19)28-15-14-27-13-12-26-11-10-21/h2-9H,10-15H2,1H3,(H,22,23). The minimum absolute atomic E-state index is 0.0296. The SMILES string of the molecule is Cc1ccc(C(=O)NS(=O)(=O)c2ccc(OCCOCCOCCCl)cc2)cc1. The van der Waals surface area contributed by atoms with Crippen molar-refractivity contribution in [2.75, 3.05) is 38.9 Å². The molecule has 2 aromatic rings. The Labute approximate surface area is 176 Å². The van der Waals surface area contributed by atoms with Gasteiger partial charge in [-0.1, -0.05) is 17.7 Å². The van der Waals surface area contributed by atoms with Crippen molar-refractivity contribution in [1.29, 1.82) is 0 Å². The first-order valence-electron chi connectivity index (χ1n) is 9.00. The van der Waals surface area contributed by atoms with Crippen molar-refractivity contribution in [3.63, 3.8) is 0 Å². The van der Waals surface area contributed by atoms with Gasteiger partial charge in [0.15, 0.2) is 0 Å². The number of sulfonamides is 1. The van der Waals surface area contributed by atoms with Gasteiger partial charge in [-0.2, -0.15) is 0 Å². The van der Waals surface area contributed by atoms with E-state index < -0.39 is 15.9 Å². The highest BCUT2D eigenvalue weighted by Gasteiger charge is 2.18. The molecule has 1 amide bonds. The average Bonchev–Trinajstić information content (AvgIpc) is 2.70. The number of amides is 1. The van der Waals surface area contributed by atoms with Crippen molar-refractivity contribution >= 4 is 27.5 Å². The molecular weight excluding hydrogens is 418 g/mol. The summed E-state index contributed by atoms with van der Waals surface area (Å²) in [5.41, 5.74) is 1.25. The summed E-state index contributed by atoms with van der Waals surface area (Å²) in [6.45, 7) is 3.96. The fraction of sp³-hybridized carbons (Fsp3) is 0.350. The summed E-state index contributed by atoms with van der Waals surface area (Å²) < 4.78 is 42.8. The molecule has 7 nitrogen and oxygen atoms in total. The van der Waals surface area contributed by atoms with Crippen molar-refractivity contribution in [3.8, 4) is 5.75 Å². The van der Waals surface area contributed by atoms with E-state index in [1.54, 1.807) is 24.3 Å². The second-order valence-electron chi connectivity index (χ2n) is 6.03. The van der Waals surface area contributed by atoms with Crippen LogP contribution < -0.4 is 9.46 Å². The molecule has 158 valence electrons. The van der Waals surface area contributed by atoms with Crippen LogP contribution in [-0.4, -0.2) is 53.2 Å². The van der Waals surface area contributed by atoms with Gasteiger partial charge in [0.1, 0.15) is 12.4 Å². The molecule has 0 aliphatic carbocycles. The van der Waals surface area contributed by atoms with Gasteiger partial charge in [-0.3, -0.25) is 4.79 Å². The number of hydrogen-bond donors (Lipinski definition) is 1. The monoisotopic (exact) mass is 441 g/mol. The molecule has 0 heterocycles. The van der Waals surface area contributed by atoms with Gasteiger partial charge in [0, 0.05) is 11.4 Å². The number of aryl methyl sites for hydroxylation is 1. The van der Waals surface area contributed by atoms with Crippen LogP contribution in [0.15, 0.2) is 53.4 Å². The van der Waals surface area contributed by atoms with E-state index in [0.29, 0.717) is 44.7 Å². The Morgan fingerprint density at radius 3 is 2.10 bits per heavy atom. The molecule has 2 rings (SSSR count). The lowest BCUT2D eigenvalue weighted by molar-refractivity contribution is 0.0410. The zero-order chi connectivity index (χ0) is 21.1. The fourth-order valence-corrected chi connectivity index (χ4v) is 3.34. The first-order valence-corrected chi connectivity index (χ1v) is 11.0. The number of benzene rings is 2. The number of halogens is 1. The molecule has 0 saturated carbocycles. The topological polar surface area (TPSA) is 90.9 Å². The summed E-state index contributed by atoms with van der Waals surface area (Å²) in [6, 6.07) is 12.4. The van der Waals surface area contributed by atoms with Crippen molar-refractivity contribution in [2.24, 2.45) is 0 Å². The van der Waals surface area contributed by atoms with Gasteiger partial charge in [0.2, 0.25) is 0 Å². The van der Waals surface area contributed by atoms with E-state index in [2.05, 4.69) is 4.72 Å². The number of alkyl halides is 1. The van der Waals surface area contributed by atoms with Crippen molar-refractivity contribution in [3.05, 3.63) is 59.7 Å². The molecule has 0 aromatic heterocycles. The third kappa shape index (κ3) is 8.02. The van der Waals surface area contributed by atoms with Crippen molar-refractivity contribution in [2.45, 2.75) is 11.8 Å². The Hall–Kier alpha value is -2.13. The summed E-state index contributed by atoms with van der Waals surface area (Å²) in [6.07, 6.45) is 0. The molecule has 0 unspecified atom stereocenters. The van der Waals surface area contributed by atoms with E-state index in [0.717, 1.165) is 5.56 Å². The average molecular weight is 442 g/mol. The summed E-state index contributed by atoms with van der Waals surface area (Å²) in [4.78, 5) is 12.1. The molecule has 2 aromatic carbocycles. The molecule has 0 aliphatic heterocycles. The Morgan fingerprint density at radius 1 is 0.897 bits per heavy atom. The maximum atomic E-state index is 12.4. The lowest BCUT2D eigenvalue weighted by Crippen LogP contribution is -2.30. The number of hydrogen-bond acceptors (Lipinski definition) is 6. The maximum Gasteiger partial charge on any atom is 0.264 e. The second kappa shape index (κ2) is 11.8. The second-order valence-corrected chi connectivity index (χ2v) is 8.09. The van der Waals surface area contributed by atoms with Crippen LogP contribution >= 0.6 is 11.6 Å². The first-order chi connectivity index (χ1) is 13.9. The predicted molar refractivity (Wildman–Crippen MR) is 110 cm³/mol. The molecule has 0 bridgehead atoms. The molecule has 9 heteroatoms. The quantitative estimate of drug-likeness (QED) is 0.402. The largest absolute Gasteiger partial charge is 0.491 e. The number of carbonyl (C=O) groups is 1. The third-order valence-electron chi connectivity index (χ3n) is 3.76. The Kier molecular flexibility index (Phi) is 9.40. The van der Waals surface area contributed by atoms with Crippen LogP contribution in [0, 0.1) is 6.92 Å². The van der Waals surface area contributed by atoms with Crippen LogP contribution in [0.25, 0.3) is 0 Å². The molecule has 29 heavy (non-hydrogen) atoms. The van der Waals surface area contributed by atoms with Gasteiger partial charge < -0.3 is 14.2 Å². The van der Waals surface area contributed by atoms with Gasteiger partial charge in [0.05, 0.1) is 31.3 Å². The highest BCUT2D eigenvalue weighted by Crippen LogP contribution is 2.16. The maximum absolute atomic E-state index is 12.4. The Bertz CT molecular complexity index is 869. The summed E-state index contributed by atoms with van der Waals surface area (Å²) in [7, 11) is -3.98. The van der Waals surface area contributed by atoms with Crippen LogP contribution in [0.1, 0.15) is 15.9 Å². The van der Waals surface area contributed by atoms with Crippen LogP contribution in [0.5, 0.6) is 5.75 Å². The van der Waals surface area contributed by atoms with Crippen molar-refractivity contribution < 1.29 is 27.4 Å². The third-order valence-corrected chi connectivity index (χ3v) is 5.27. The van der Waals surface area contributed by atoms with Gasteiger partial charge in [-0.25, -0.2) is 13.1 Å². The van der Waals surface area contributed by atoms with Crippen LogP contribution in [0.4, 0.5) is 0 Å². The zero-order valence-electron chi connectivity index (χ0n) is 16.1. The normalized spacial score (nSPS) is 11.2. The summed E-state index contributed by atoms with van der Waals surface area (Å²) in [5.74, 6) is 0.262. The number of ether oxygens (including phenoxy) is 3. The smallest absolute Gasteiger partial charge is 0.264 e. The van der Waals surface area contributed by atoms with E-state index >= 15 is 0 Å². The Morgan fingerprint density at radius 2 is 1.48 bits per heavy atom. The van der Waals surface area contributed by atoms with Gasteiger partial charge in [-0.15, -0.1) is 11.6 Å². The molecule has 0 atom stereocenters. The highest BCUT2D eigenvalue weighted by atomic mass is 35.5. The minimum Gasteiger partial charge on any atom is -0.491 e. The van der Waals surface area contributed by atoms with E-state index in [9.17, 15) is 13.2 Å². The lowest BCUT2D eigenvalue weighted by Gasteiger charge is -2.10. The molecule has 0 saturated heterocycles. The molecule has 0 radical (unpaired) electrons. The van der Waals surface area contributed by atoms with E-state index in [1.165, 1.54) is 24.3 Å². The minimum atomic E-state index is -3.98. The number of nitrogens with one attached hydrogen (secondary N) is 1. The lowest BCUT2D eigenvalue weighted by atomic mass is 10.1. The summed E-state index contributed by atoms with van der Waals surface area (Å²) in [5, 5.41) is 0.